The van der Waals surface area contributed by atoms with Gasteiger partial charge in [-0.25, -0.2) is 0 Å². The molecule has 5 nitrogen and oxygen atoms in total. The Morgan fingerprint density at radius 3 is 2.37 bits per heavy atom. The summed E-state index contributed by atoms with van der Waals surface area (Å²) in [5.74, 6) is 0.745. The normalized spacial score (nSPS) is 11.9. The number of rotatable bonds is 7. The van der Waals surface area contributed by atoms with Crippen LogP contribution in [0.4, 0.5) is 0 Å². The molecule has 1 N–H and O–H groups in total. The third kappa shape index (κ3) is 4.51. The third-order valence-corrected chi connectivity index (χ3v) is 5.13. The predicted molar refractivity (Wildman–Crippen MR) is 117 cm³/mol. The van der Waals surface area contributed by atoms with Crippen LogP contribution < -0.4 is 5.32 Å². The quantitative estimate of drug-likeness (QED) is 0.490. The summed E-state index contributed by atoms with van der Waals surface area (Å²) in [5.41, 5.74) is 5.25. The van der Waals surface area contributed by atoms with Crippen LogP contribution in [0.1, 0.15) is 28.8 Å². The minimum atomic E-state index is -0.182. The summed E-state index contributed by atoms with van der Waals surface area (Å²) in [4.78, 5) is 12.6. The molecule has 2 aromatic heterocycles. The van der Waals surface area contributed by atoms with E-state index in [0.29, 0.717) is 13.0 Å². The first-order chi connectivity index (χ1) is 14.6. The van der Waals surface area contributed by atoms with E-state index in [2.05, 4.69) is 34.7 Å². The van der Waals surface area contributed by atoms with E-state index >= 15 is 0 Å². The molecular formula is C25H25N3O2. The number of hydrogen-bond acceptors (Lipinski definition) is 3. The lowest BCUT2D eigenvalue weighted by Crippen LogP contribution is -2.33. The van der Waals surface area contributed by atoms with Gasteiger partial charge >= 0.3 is 0 Å². The molecule has 0 spiro atoms. The maximum atomic E-state index is 12.6. The SMILES string of the molecule is Cc1cc(C)n(C(CNC(=O)Cc2ccc(-c3ccccc3)cc2)c2ccco2)n1. The van der Waals surface area contributed by atoms with Crippen LogP contribution >= 0.6 is 0 Å². The van der Waals surface area contributed by atoms with E-state index in [1.54, 1.807) is 6.26 Å². The van der Waals surface area contributed by atoms with Gasteiger partial charge in [0.1, 0.15) is 11.8 Å². The molecule has 0 saturated carbocycles. The van der Waals surface area contributed by atoms with Crippen molar-refractivity contribution in [2.75, 3.05) is 6.54 Å². The molecule has 5 heteroatoms. The van der Waals surface area contributed by atoms with Crippen molar-refractivity contribution in [2.45, 2.75) is 26.3 Å². The Labute approximate surface area is 176 Å². The Kier molecular flexibility index (Phi) is 5.80. The molecule has 30 heavy (non-hydrogen) atoms. The molecule has 1 atom stereocenters. The minimum absolute atomic E-state index is 0.0273. The predicted octanol–water partition coefficient (Wildman–Crippen LogP) is 4.71. The number of nitrogens with one attached hydrogen (secondary N) is 1. The van der Waals surface area contributed by atoms with Crippen LogP contribution in [0.2, 0.25) is 0 Å². The lowest BCUT2D eigenvalue weighted by atomic mass is 10.0. The topological polar surface area (TPSA) is 60.1 Å². The molecule has 4 rings (SSSR count). The molecule has 1 unspecified atom stereocenters. The standard InChI is InChI=1S/C25H25N3O2/c1-18-15-19(2)28(27-18)23(24-9-6-14-30-24)17-26-25(29)16-20-10-12-22(13-11-20)21-7-4-3-5-8-21/h3-15,23H,16-17H2,1-2H3,(H,26,29). The van der Waals surface area contributed by atoms with E-state index in [0.717, 1.165) is 28.3 Å². The second-order valence-electron chi connectivity index (χ2n) is 7.45. The molecule has 0 saturated heterocycles. The van der Waals surface area contributed by atoms with Crippen molar-refractivity contribution in [3.05, 3.63) is 102 Å². The number of aromatic nitrogens is 2. The van der Waals surface area contributed by atoms with Gasteiger partial charge in [0.15, 0.2) is 0 Å². The van der Waals surface area contributed by atoms with Gasteiger partial charge in [-0.3, -0.25) is 9.48 Å². The van der Waals surface area contributed by atoms with Crippen molar-refractivity contribution >= 4 is 5.91 Å². The molecule has 152 valence electrons. The molecule has 4 aromatic rings. The maximum absolute atomic E-state index is 12.6. The lowest BCUT2D eigenvalue weighted by Gasteiger charge is -2.18. The average molecular weight is 399 g/mol. The number of aryl methyl sites for hydroxylation is 2. The van der Waals surface area contributed by atoms with E-state index < -0.39 is 0 Å². The number of benzene rings is 2. The van der Waals surface area contributed by atoms with Crippen LogP contribution in [0.25, 0.3) is 11.1 Å². The molecule has 1 amide bonds. The highest BCUT2D eigenvalue weighted by Gasteiger charge is 2.20. The van der Waals surface area contributed by atoms with Gasteiger partial charge in [-0.05, 0) is 48.7 Å². The Hall–Kier alpha value is -3.60. The third-order valence-electron chi connectivity index (χ3n) is 5.13. The fraction of sp³-hybridized carbons (Fsp3) is 0.200. The van der Waals surface area contributed by atoms with Crippen LogP contribution in [0, 0.1) is 13.8 Å². The first-order valence-electron chi connectivity index (χ1n) is 10.1. The Balaban J connectivity index is 1.41. The Bertz CT molecular complexity index is 1100. The minimum Gasteiger partial charge on any atom is -0.467 e. The Morgan fingerprint density at radius 1 is 1.00 bits per heavy atom. The first kappa shape index (κ1) is 19.7. The number of hydrogen-bond donors (Lipinski definition) is 1. The van der Waals surface area contributed by atoms with Crippen LogP contribution in [-0.4, -0.2) is 22.2 Å². The molecule has 0 fully saturated rings. The zero-order chi connectivity index (χ0) is 20.9. The van der Waals surface area contributed by atoms with Crippen LogP contribution in [0.3, 0.4) is 0 Å². The molecule has 0 aliphatic carbocycles. The van der Waals surface area contributed by atoms with Crippen molar-refractivity contribution < 1.29 is 9.21 Å². The molecular weight excluding hydrogens is 374 g/mol. The number of nitrogens with zero attached hydrogens (tertiary/aromatic N) is 2. The number of furan rings is 1. The van der Waals surface area contributed by atoms with Crippen molar-refractivity contribution in [1.82, 2.24) is 15.1 Å². The van der Waals surface area contributed by atoms with E-state index in [1.165, 1.54) is 5.56 Å². The second-order valence-corrected chi connectivity index (χ2v) is 7.45. The lowest BCUT2D eigenvalue weighted by molar-refractivity contribution is -0.120. The van der Waals surface area contributed by atoms with Crippen molar-refractivity contribution in [3.8, 4) is 11.1 Å². The van der Waals surface area contributed by atoms with Gasteiger partial charge in [0.25, 0.3) is 0 Å². The van der Waals surface area contributed by atoms with E-state index in [1.807, 2.05) is 67.1 Å². The number of amides is 1. The average Bonchev–Trinajstić information content (AvgIpc) is 3.39. The van der Waals surface area contributed by atoms with Gasteiger partial charge in [-0.15, -0.1) is 0 Å². The van der Waals surface area contributed by atoms with E-state index in [4.69, 9.17) is 4.42 Å². The summed E-state index contributed by atoms with van der Waals surface area (Å²) < 4.78 is 7.51. The first-order valence-corrected chi connectivity index (χ1v) is 10.1. The molecule has 0 aliphatic heterocycles. The fourth-order valence-corrected chi connectivity index (χ4v) is 3.65. The molecule has 2 heterocycles. The second kappa shape index (κ2) is 8.82. The van der Waals surface area contributed by atoms with Gasteiger partial charge in [-0.2, -0.15) is 5.10 Å². The zero-order valence-electron chi connectivity index (χ0n) is 17.2. The van der Waals surface area contributed by atoms with Crippen molar-refractivity contribution in [2.24, 2.45) is 0 Å². The van der Waals surface area contributed by atoms with Gasteiger partial charge in [0, 0.05) is 12.2 Å². The Morgan fingerprint density at radius 2 is 1.73 bits per heavy atom. The van der Waals surface area contributed by atoms with Gasteiger partial charge < -0.3 is 9.73 Å². The fourth-order valence-electron chi connectivity index (χ4n) is 3.65. The summed E-state index contributed by atoms with van der Waals surface area (Å²) in [5, 5.41) is 7.61. The van der Waals surface area contributed by atoms with E-state index in [-0.39, 0.29) is 11.9 Å². The smallest absolute Gasteiger partial charge is 0.224 e. The van der Waals surface area contributed by atoms with Gasteiger partial charge in [-0.1, -0.05) is 54.6 Å². The summed E-state index contributed by atoms with van der Waals surface area (Å²) in [7, 11) is 0. The van der Waals surface area contributed by atoms with Crippen molar-refractivity contribution in [1.29, 1.82) is 0 Å². The number of carbonyl (C=O) groups excluding carboxylic acids is 1. The molecule has 2 aromatic carbocycles. The summed E-state index contributed by atoms with van der Waals surface area (Å²) in [6.45, 7) is 4.38. The largest absolute Gasteiger partial charge is 0.467 e. The van der Waals surface area contributed by atoms with Crippen LogP contribution in [-0.2, 0) is 11.2 Å². The summed E-state index contributed by atoms with van der Waals surface area (Å²) >= 11 is 0. The van der Waals surface area contributed by atoms with Gasteiger partial charge in [0.05, 0.1) is 18.4 Å². The maximum Gasteiger partial charge on any atom is 0.224 e. The highest BCUT2D eigenvalue weighted by Crippen LogP contribution is 2.21. The summed E-state index contributed by atoms with van der Waals surface area (Å²) in [6, 6.07) is 23.9. The summed E-state index contributed by atoms with van der Waals surface area (Å²) in [6.07, 6.45) is 1.97. The molecule has 0 aliphatic rings. The van der Waals surface area contributed by atoms with Crippen LogP contribution in [0.15, 0.2) is 83.5 Å². The van der Waals surface area contributed by atoms with Crippen LogP contribution in [0.5, 0.6) is 0 Å². The number of carbonyl (C=O) groups is 1. The molecule has 0 radical (unpaired) electrons. The van der Waals surface area contributed by atoms with E-state index in [9.17, 15) is 4.79 Å². The van der Waals surface area contributed by atoms with Gasteiger partial charge in [0.2, 0.25) is 5.91 Å². The zero-order valence-corrected chi connectivity index (χ0v) is 17.2. The molecule has 0 bridgehead atoms. The van der Waals surface area contributed by atoms with Crippen molar-refractivity contribution in [3.63, 3.8) is 0 Å². The highest BCUT2D eigenvalue weighted by molar-refractivity contribution is 5.79. The monoisotopic (exact) mass is 399 g/mol. The highest BCUT2D eigenvalue weighted by atomic mass is 16.3.